The van der Waals surface area contributed by atoms with Gasteiger partial charge in [0, 0.05) is 11.3 Å². The summed E-state index contributed by atoms with van der Waals surface area (Å²) in [6.45, 7) is 6.76. The van der Waals surface area contributed by atoms with Gasteiger partial charge < -0.3 is 15.4 Å². The number of halogens is 1. The first kappa shape index (κ1) is 14.9. The van der Waals surface area contributed by atoms with Crippen LogP contribution in [0.25, 0.3) is 0 Å². The third-order valence-electron chi connectivity index (χ3n) is 6.42. The SMILES string of the molecule is CC1(C)C2CCC1(C)C(OC(=O)NC1C(=O)NC1CCl)C2. The van der Waals surface area contributed by atoms with Gasteiger partial charge in [-0.15, -0.1) is 11.6 Å². The van der Waals surface area contributed by atoms with Crippen LogP contribution in [-0.4, -0.2) is 36.1 Å². The van der Waals surface area contributed by atoms with Gasteiger partial charge in [-0.05, 0) is 30.6 Å². The number of nitrogens with one attached hydrogen (secondary N) is 2. The van der Waals surface area contributed by atoms with E-state index < -0.39 is 12.1 Å². The third kappa shape index (κ3) is 2.04. The number of hydrogen-bond acceptors (Lipinski definition) is 3. The number of carbonyl (C=O) groups excluding carboxylic acids is 2. The summed E-state index contributed by atoms with van der Waals surface area (Å²) in [5, 5.41) is 5.29. The fraction of sp³-hybridized carbons (Fsp3) is 0.867. The molecule has 2 amide bonds. The van der Waals surface area contributed by atoms with Crippen molar-refractivity contribution in [2.75, 3.05) is 5.88 Å². The van der Waals surface area contributed by atoms with Crippen LogP contribution >= 0.6 is 11.6 Å². The van der Waals surface area contributed by atoms with Crippen LogP contribution in [0.3, 0.4) is 0 Å². The number of carbonyl (C=O) groups is 2. The van der Waals surface area contributed by atoms with E-state index >= 15 is 0 Å². The first-order valence-electron chi connectivity index (χ1n) is 7.63. The average Bonchev–Trinajstić information content (AvgIpc) is 2.75. The lowest BCUT2D eigenvalue weighted by atomic mass is 9.70. The second-order valence-corrected chi connectivity index (χ2v) is 7.70. The predicted octanol–water partition coefficient (Wildman–Crippen LogP) is 2.03. The normalized spacial score (nSPS) is 43.1. The Morgan fingerprint density at radius 2 is 2.19 bits per heavy atom. The van der Waals surface area contributed by atoms with Gasteiger partial charge in [0.1, 0.15) is 12.1 Å². The number of alkyl halides is 1. The summed E-state index contributed by atoms with van der Waals surface area (Å²) >= 11 is 5.72. The standard InChI is InChI=1S/C15H23ClN2O3/c1-14(2)8-4-5-15(14,3)10(6-8)21-13(20)18-11-9(7-16)17-12(11)19/h8-11H,4-7H2,1-3H3,(H,17,19)(H,18,20). The minimum Gasteiger partial charge on any atom is -0.446 e. The van der Waals surface area contributed by atoms with Crippen molar-refractivity contribution in [2.45, 2.75) is 58.2 Å². The second-order valence-electron chi connectivity index (χ2n) is 7.40. The van der Waals surface area contributed by atoms with Crippen molar-refractivity contribution in [1.29, 1.82) is 0 Å². The van der Waals surface area contributed by atoms with E-state index in [1.807, 2.05) is 0 Å². The maximum Gasteiger partial charge on any atom is 0.408 e. The highest BCUT2D eigenvalue weighted by Gasteiger charge is 2.63. The molecule has 1 saturated heterocycles. The summed E-state index contributed by atoms with van der Waals surface area (Å²) in [5.74, 6) is 0.701. The van der Waals surface area contributed by atoms with E-state index in [-0.39, 0.29) is 34.8 Å². The average molecular weight is 315 g/mol. The molecule has 2 bridgehead atoms. The fourth-order valence-corrected chi connectivity index (χ4v) is 4.59. The number of ether oxygens (including phenoxy) is 1. The molecule has 1 aliphatic heterocycles. The quantitative estimate of drug-likeness (QED) is 0.619. The van der Waals surface area contributed by atoms with E-state index in [4.69, 9.17) is 16.3 Å². The number of rotatable bonds is 3. The van der Waals surface area contributed by atoms with Crippen molar-refractivity contribution in [1.82, 2.24) is 10.6 Å². The molecule has 3 fully saturated rings. The van der Waals surface area contributed by atoms with Crippen LogP contribution in [0.2, 0.25) is 0 Å². The lowest BCUT2D eigenvalue weighted by Crippen LogP contribution is -2.70. The molecule has 2 aliphatic carbocycles. The molecule has 0 spiro atoms. The van der Waals surface area contributed by atoms with Crippen molar-refractivity contribution in [3.05, 3.63) is 0 Å². The minimum atomic E-state index is -0.561. The number of fused-ring (bicyclic) bond motifs is 2. The van der Waals surface area contributed by atoms with Crippen LogP contribution in [0.5, 0.6) is 0 Å². The fourth-order valence-electron chi connectivity index (χ4n) is 4.33. The molecule has 2 N–H and O–H groups in total. The van der Waals surface area contributed by atoms with E-state index in [2.05, 4.69) is 31.4 Å². The minimum absolute atomic E-state index is 0.0305. The van der Waals surface area contributed by atoms with Crippen LogP contribution in [0.15, 0.2) is 0 Å². The molecule has 0 aromatic carbocycles. The Morgan fingerprint density at radius 3 is 2.67 bits per heavy atom. The molecular weight excluding hydrogens is 292 g/mol. The van der Waals surface area contributed by atoms with Gasteiger partial charge in [0.25, 0.3) is 0 Å². The van der Waals surface area contributed by atoms with Gasteiger partial charge >= 0.3 is 6.09 Å². The Hall–Kier alpha value is -0.970. The Morgan fingerprint density at radius 1 is 1.48 bits per heavy atom. The van der Waals surface area contributed by atoms with Crippen LogP contribution in [-0.2, 0) is 9.53 Å². The van der Waals surface area contributed by atoms with Crippen molar-refractivity contribution >= 4 is 23.6 Å². The molecule has 21 heavy (non-hydrogen) atoms. The monoisotopic (exact) mass is 314 g/mol. The Bertz CT molecular complexity index is 482. The Kier molecular flexibility index (Phi) is 3.39. The van der Waals surface area contributed by atoms with Gasteiger partial charge in [0.15, 0.2) is 0 Å². The highest BCUT2D eigenvalue weighted by atomic mass is 35.5. The van der Waals surface area contributed by atoms with E-state index in [0.717, 1.165) is 12.8 Å². The van der Waals surface area contributed by atoms with Gasteiger partial charge in [0.05, 0.1) is 6.04 Å². The summed E-state index contributed by atoms with van der Waals surface area (Å²) in [7, 11) is 0. The molecule has 1 heterocycles. The third-order valence-corrected chi connectivity index (χ3v) is 6.75. The lowest BCUT2D eigenvalue weighted by molar-refractivity contribution is -0.131. The smallest absolute Gasteiger partial charge is 0.408 e. The molecule has 0 aromatic heterocycles. The maximum absolute atomic E-state index is 12.1. The van der Waals surface area contributed by atoms with Crippen molar-refractivity contribution < 1.29 is 14.3 Å². The van der Waals surface area contributed by atoms with Crippen molar-refractivity contribution in [2.24, 2.45) is 16.7 Å². The van der Waals surface area contributed by atoms with Gasteiger partial charge in [-0.1, -0.05) is 20.8 Å². The van der Waals surface area contributed by atoms with E-state index in [1.165, 1.54) is 6.42 Å². The van der Waals surface area contributed by atoms with Crippen LogP contribution in [0.1, 0.15) is 40.0 Å². The molecule has 3 aliphatic rings. The highest BCUT2D eigenvalue weighted by Crippen LogP contribution is 2.66. The zero-order valence-corrected chi connectivity index (χ0v) is 13.5. The van der Waals surface area contributed by atoms with Gasteiger partial charge in [-0.3, -0.25) is 4.79 Å². The number of amides is 2. The van der Waals surface area contributed by atoms with Gasteiger partial charge in [-0.2, -0.15) is 0 Å². The van der Waals surface area contributed by atoms with Crippen molar-refractivity contribution in [3.63, 3.8) is 0 Å². The lowest BCUT2D eigenvalue weighted by Gasteiger charge is -2.39. The molecule has 5 unspecified atom stereocenters. The van der Waals surface area contributed by atoms with Crippen LogP contribution in [0, 0.1) is 16.7 Å². The molecule has 0 aromatic rings. The zero-order valence-electron chi connectivity index (χ0n) is 12.7. The summed E-state index contributed by atoms with van der Waals surface area (Å²) < 4.78 is 5.66. The van der Waals surface area contributed by atoms with E-state index in [9.17, 15) is 9.59 Å². The summed E-state index contributed by atoms with van der Waals surface area (Å²) in [4.78, 5) is 23.5. The predicted molar refractivity (Wildman–Crippen MR) is 79.1 cm³/mol. The largest absolute Gasteiger partial charge is 0.446 e. The first-order valence-corrected chi connectivity index (χ1v) is 8.16. The molecule has 5 nitrogen and oxygen atoms in total. The molecule has 5 atom stereocenters. The number of alkyl carbamates (subject to hydrolysis) is 1. The molecule has 2 saturated carbocycles. The molecule has 6 heteroatoms. The molecule has 0 radical (unpaired) electrons. The topological polar surface area (TPSA) is 67.4 Å². The zero-order chi connectivity index (χ0) is 15.4. The van der Waals surface area contributed by atoms with Crippen molar-refractivity contribution in [3.8, 4) is 0 Å². The van der Waals surface area contributed by atoms with Crippen LogP contribution in [0.4, 0.5) is 4.79 Å². The molecular formula is C15H23ClN2O3. The summed E-state index contributed by atoms with van der Waals surface area (Å²) in [6, 6.07) is -0.756. The Balaban J connectivity index is 1.61. The summed E-state index contributed by atoms with van der Waals surface area (Å²) in [5.41, 5.74) is 0.229. The van der Waals surface area contributed by atoms with E-state index in [1.54, 1.807) is 0 Å². The second kappa shape index (κ2) is 4.77. The Labute approximate surface area is 130 Å². The van der Waals surface area contributed by atoms with Gasteiger partial charge in [0.2, 0.25) is 5.91 Å². The highest BCUT2D eigenvalue weighted by molar-refractivity contribution is 6.19. The van der Waals surface area contributed by atoms with Gasteiger partial charge in [-0.25, -0.2) is 4.79 Å². The molecule has 118 valence electrons. The van der Waals surface area contributed by atoms with Crippen LogP contribution < -0.4 is 10.6 Å². The number of hydrogen-bond donors (Lipinski definition) is 2. The summed E-state index contributed by atoms with van der Waals surface area (Å²) in [6.07, 6.45) is 2.66. The van der Waals surface area contributed by atoms with E-state index in [0.29, 0.717) is 5.92 Å². The molecule has 3 rings (SSSR count). The maximum atomic E-state index is 12.1. The number of β-lactam (4-membered cyclic amide) rings is 1. The first-order chi connectivity index (χ1) is 9.79.